The van der Waals surface area contributed by atoms with Crippen LogP contribution in [0.15, 0.2) is 42.5 Å². The highest BCUT2D eigenvalue weighted by molar-refractivity contribution is 5.81. The average molecular weight is 446 g/mol. The summed E-state index contributed by atoms with van der Waals surface area (Å²) in [6.07, 6.45) is 7.42. The molecule has 0 spiro atoms. The van der Waals surface area contributed by atoms with E-state index < -0.39 is 0 Å². The van der Waals surface area contributed by atoms with Crippen molar-refractivity contribution < 1.29 is 9.53 Å². The molecular weight excluding hydrogens is 410 g/mol. The van der Waals surface area contributed by atoms with Gasteiger partial charge in [0.2, 0.25) is 5.91 Å². The fourth-order valence-electron chi connectivity index (χ4n) is 5.48. The molecular formula is C28H35N3O2. The number of hydrogen-bond acceptors (Lipinski definition) is 3. The molecule has 0 radical (unpaired) electrons. The van der Waals surface area contributed by atoms with Crippen LogP contribution in [0.1, 0.15) is 67.8 Å². The lowest BCUT2D eigenvalue weighted by atomic mass is 10.1. The maximum absolute atomic E-state index is 12.8. The van der Waals surface area contributed by atoms with Crippen molar-refractivity contribution in [3.63, 3.8) is 0 Å². The van der Waals surface area contributed by atoms with E-state index in [0.29, 0.717) is 25.0 Å². The molecule has 1 saturated carbocycles. The number of fused-ring (bicyclic) bond motifs is 1. The highest BCUT2D eigenvalue weighted by atomic mass is 16.5. The first kappa shape index (κ1) is 22.0. The Balaban J connectivity index is 1.25. The Kier molecular flexibility index (Phi) is 6.39. The van der Waals surface area contributed by atoms with Gasteiger partial charge in [-0.15, -0.1) is 0 Å². The first-order valence-corrected chi connectivity index (χ1v) is 12.5. The monoisotopic (exact) mass is 445 g/mol. The molecule has 1 aromatic heterocycles. The van der Waals surface area contributed by atoms with Crippen molar-refractivity contribution >= 4 is 16.9 Å². The second-order valence-corrected chi connectivity index (χ2v) is 9.80. The summed E-state index contributed by atoms with van der Waals surface area (Å²) in [4.78, 5) is 20.0. The molecule has 1 unspecified atom stereocenters. The van der Waals surface area contributed by atoms with Gasteiger partial charge in [0.05, 0.1) is 17.6 Å². The zero-order valence-corrected chi connectivity index (χ0v) is 19.9. The Morgan fingerprint density at radius 2 is 1.85 bits per heavy atom. The van der Waals surface area contributed by atoms with Gasteiger partial charge in [-0.05, 0) is 74.9 Å². The molecule has 5 rings (SSSR count). The number of imidazole rings is 1. The molecule has 1 atom stereocenters. The minimum atomic E-state index is 0.192. The van der Waals surface area contributed by atoms with E-state index in [1.165, 1.54) is 29.5 Å². The van der Waals surface area contributed by atoms with Crippen molar-refractivity contribution in [1.29, 1.82) is 0 Å². The lowest BCUT2D eigenvalue weighted by Gasteiger charge is -2.24. The third kappa shape index (κ3) is 4.64. The summed E-state index contributed by atoms with van der Waals surface area (Å²) < 4.78 is 8.35. The van der Waals surface area contributed by atoms with Gasteiger partial charge in [-0.3, -0.25) is 4.79 Å². The molecule has 5 nitrogen and oxygen atoms in total. The zero-order valence-electron chi connectivity index (χ0n) is 19.9. The quantitative estimate of drug-likeness (QED) is 0.414. The van der Waals surface area contributed by atoms with E-state index in [1.807, 2.05) is 6.07 Å². The van der Waals surface area contributed by atoms with E-state index in [-0.39, 0.29) is 5.92 Å². The number of unbranched alkanes of at least 4 members (excludes halogenated alkanes) is 1. The first-order chi connectivity index (χ1) is 16.1. The van der Waals surface area contributed by atoms with Gasteiger partial charge < -0.3 is 14.2 Å². The first-order valence-electron chi connectivity index (χ1n) is 12.5. The highest BCUT2D eigenvalue weighted by Gasteiger charge is 2.38. The molecule has 0 bridgehead atoms. The number of hydrogen-bond donors (Lipinski definition) is 0. The van der Waals surface area contributed by atoms with Crippen molar-refractivity contribution in [2.24, 2.45) is 0 Å². The molecule has 0 N–H and O–H groups in total. The average Bonchev–Trinajstić information content (AvgIpc) is 3.54. The third-order valence-electron chi connectivity index (χ3n) is 7.50. The second-order valence-electron chi connectivity index (χ2n) is 9.80. The number of aryl methyl sites for hydroxylation is 3. The molecule has 2 aromatic carbocycles. The number of para-hydroxylation sites is 2. The zero-order chi connectivity index (χ0) is 22.8. The topological polar surface area (TPSA) is 47.4 Å². The van der Waals surface area contributed by atoms with Crippen molar-refractivity contribution in [2.45, 2.75) is 77.3 Å². The fourth-order valence-corrected chi connectivity index (χ4v) is 5.48. The summed E-state index contributed by atoms with van der Waals surface area (Å²) in [7, 11) is 0. The molecule has 5 heteroatoms. The van der Waals surface area contributed by atoms with E-state index in [0.717, 1.165) is 55.9 Å². The van der Waals surface area contributed by atoms with Crippen LogP contribution in [0.3, 0.4) is 0 Å². The largest absolute Gasteiger partial charge is 0.494 e. The summed E-state index contributed by atoms with van der Waals surface area (Å²) in [5.74, 6) is 2.54. The smallest absolute Gasteiger partial charge is 0.223 e. The molecule has 33 heavy (non-hydrogen) atoms. The number of benzene rings is 2. The summed E-state index contributed by atoms with van der Waals surface area (Å²) in [6, 6.07) is 15.1. The van der Waals surface area contributed by atoms with Crippen LogP contribution in [0.2, 0.25) is 0 Å². The summed E-state index contributed by atoms with van der Waals surface area (Å²) in [5, 5.41) is 0. The Labute approximate surface area is 196 Å². The number of carbonyl (C=O) groups is 1. The molecule has 2 heterocycles. The van der Waals surface area contributed by atoms with Crippen molar-refractivity contribution in [3.05, 3.63) is 59.4 Å². The maximum Gasteiger partial charge on any atom is 0.223 e. The van der Waals surface area contributed by atoms with Crippen molar-refractivity contribution in [1.82, 2.24) is 14.5 Å². The molecule has 174 valence electrons. The van der Waals surface area contributed by atoms with Gasteiger partial charge in [0.25, 0.3) is 0 Å². The second kappa shape index (κ2) is 9.58. The van der Waals surface area contributed by atoms with Gasteiger partial charge in [-0.1, -0.05) is 31.0 Å². The number of carbonyl (C=O) groups excluding carboxylic acids is 1. The van der Waals surface area contributed by atoms with E-state index >= 15 is 0 Å². The molecule has 2 fully saturated rings. The van der Waals surface area contributed by atoms with Gasteiger partial charge in [-0.2, -0.15) is 0 Å². The van der Waals surface area contributed by atoms with Crippen LogP contribution in [-0.2, 0) is 11.3 Å². The summed E-state index contributed by atoms with van der Waals surface area (Å²) in [6.45, 7) is 6.68. The molecule has 1 amide bonds. The number of rotatable bonds is 8. The lowest BCUT2D eigenvalue weighted by molar-refractivity contribution is -0.129. The van der Waals surface area contributed by atoms with E-state index in [9.17, 15) is 4.79 Å². The van der Waals surface area contributed by atoms with Crippen molar-refractivity contribution in [3.8, 4) is 5.75 Å². The van der Waals surface area contributed by atoms with Gasteiger partial charge in [0.1, 0.15) is 11.6 Å². The molecule has 2 aliphatic rings. The number of likely N-dealkylation sites (tertiary alicyclic amines) is 1. The highest BCUT2D eigenvalue weighted by Crippen LogP contribution is 2.35. The van der Waals surface area contributed by atoms with Crippen LogP contribution >= 0.6 is 0 Å². The fraction of sp³-hybridized carbons (Fsp3) is 0.500. The van der Waals surface area contributed by atoms with Gasteiger partial charge in [0, 0.05) is 31.5 Å². The van der Waals surface area contributed by atoms with Crippen molar-refractivity contribution in [2.75, 3.05) is 13.2 Å². The van der Waals surface area contributed by atoms with E-state index in [4.69, 9.17) is 9.72 Å². The Hall–Kier alpha value is -2.82. The lowest BCUT2D eigenvalue weighted by Crippen LogP contribution is -2.34. The Morgan fingerprint density at radius 3 is 2.67 bits per heavy atom. The minimum Gasteiger partial charge on any atom is -0.494 e. The Bertz CT molecular complexity index is 1130. The van der Waals surface area contributed by atoms with Gasteiger partial charge >= 0.3 is 0 Å². The number of ether oxygens (including phenoxy) is 1. The predicted molar refractivity (Wildman–Crippen MR) is 132 cm³/mol. The molecule has 1 aliphatic heterocycles. The third-order valence-corrected chi connectivity index (χ3v) is 7.50. The number of aromatic nitrogens is 2. The summed E-state index contributed by atoms with van der Waals surface area (Å²) in [5.41, 5.74) is 4.76. The number of amides is 1. The number of nitrogens with zero attached hydrogens (tertiary/aromatic N) is 3. The van der Waals surface area contributed by atoms with E-state index in [2.05, 4.69) is 59.7 Å². The predicted octanol–water partition coefficient (Wildman–Crippen LogP) is 5.77. The minimum absolute atomic E-state index is 0.192. The molecule has 1 saturated heterocycles. The molecule has 1 aliphatic carbocycles. The van der Waals surface area contributed by atoms with Crippen LogP contribution < -0.4 is 4.74 Å². The van der Waals surface area contributed by atoms with Crippen LogP contribution in [0.5, 0.6) is 5.75 Å². The normalized spacial score (nSPS) is 19.2. The summed E-state index contributed by atoms with van der Waals surface area (Å²) >= 11 is 0. The van der Waals surface area contributed by atoms with Gasteiger partial charge in [0.15, 0.2) is 0 Å². The molecule has 3 aromatic rings. The Morgan fingerprint density at radius 1 is 1.03 bits per heavy atom. The maximum atomic E-state index is 12.8. The van der Waals surface area contributed by atoms with Crippen LogP contribution in [-0.4, -0.2) is 39.6 Å². The van der Waals surface area contributed by atoms with E-state index in [1.54, 1.807) is 0 Å². The SMILES string of the molecule is Cc1ccc(OCCCCn2c(C3CC(=O)N(C4CCCC4)C3)nc3ccccc32)cc1C. The van der Waals surface area contributed by atoms with Crippen LogP contribution in [0.4, 0.5) is 0 Å². The van der Waals surface area contributed by atoms with Crippen LogP contribution in [0, 0.1) is 13.8 Å². The standard InChI is InChI=1S/C28H35N3O2/c1-20-13-14-24(17-21(20)2)33-16-8-7-15-30-26-12-6-5-11-25(26)29-28(30)22-18-27(32)31(19-22)23-9-3-4-10-23/h5-6,11-14,17,22-23H,3-4,7-10,15-16,18-19H2,1-2H3. The van der Waals surface area contributed by atoms with Crippen LogP contribution in [0.25, 0.3) is 11.0 Å². The van der Waals surface area contributed by atoms with Gasteiger partial charge in [-0.25, -0.2) is 4.98 Å².